The van der Waals surface area contributed by atoms with Crippen molar-refractivity contribution in [1.82, 2.24) is 0 Å². The average molecular weight is 611 g/mol. The summed E-state index contributed by atoms with van der Waals surface area (Å²) in [7, 11) is 1.66. The second-order valence-electron chi connectivity index (χ2n) is 9.47. The molecule has 0 atom stereocenters. The standard InChI is InChI=1S/C35H32BrNO4/c1-38-34-21-29(20-33(36)35(34)41-25-27-10-6-3-7-11-27)22-37-30-14-12-28(13-15-30)24-40-32-18-16-31(17-19-32)39-23-26-8-4-2-5-9-26/h2-21,37H,22-25H2,1H3. The molecular weight excluding hydrogens is 578 g/mol. The predicted octanol–water partition coefficient (Wildman–Crippen LogP) is 8.81. The Bertz CT molecular complexity index is 1510. The monoisotopic (exact) mass is 609 g/mol. The predicted molar refractivity (Wildman–Crippen MR) is 167 cm³/mol. The highest BCUT2D eigenvalue weighted by Crippen LogP contribution is 2.37. The topological polar surface area (TPSA) is 49.0 Å². The molecule has 41 heavy (non-hydrogen) atoms. The van der Waals surface area contributed by atoms with Gasteiger partial charge in [-0.3, -0.25) is 0 Å². The Labute approximate surface area is 249 Å². The number of nitrogens with one attached hydrogen (secondary N) is 1. The average Bonchev–Trinajstić information content (AvgIpc) is 3.03. The van der Waals surface area contributed by atoms with Gasteiger partial charge in [0.2, 0.25) is 0 Å². The number of halogens is 1. The lowest BCUT2D eigenvalue weighted by molar-refractivity contribution is 0.282. The zero-order valence-corrected chi connectivity index (χ0v) is 24.5. The molecule has 5 nitrogen and oxygen atoms in total. The van der Waals surface area contributed by atoms with Gasteiger partial charge in [-0.15, -0.1) is 0 Å². The molecule has 0 unspecified atom stereocenters. The summed E-state index contributed by atoms with van der Waals surface area (Å²) < 4.78 is 24.4. The number of hydrogen-bond donors (Lipinski definition) is 1. The van der Waals surface area contributed by atoms with Crippen molar-refractivity contribution in [3.05, 3.63) is 148 Å². The second-order valence-corrected chi connectivity index (χ2v) is 10.3. The SMILES string of the molecule is COc1cc(CNc2ccc(COc3ccc(OCc4ccccc4)cc3)cc2)cc(Br)c1OCc1ccccc1. The molecule has 208 valence electrons. The second kappa shape index (κ2) is 14.3. The van der Waals surface area contributed by atoms with Crippen LogP contribution in [-0.2, 0) is 26.4 Å². The van der Waals surface area contributed by atoms with Crippen molar-refractivity contribution < 1.29 is 18.9 Å². The summed E-state index contributed by atoms with van der Waals surface area (Å²) in [5.74, 6) is 3.00. The summed E-state index contributed by atoms with van der Waals surface area (Å²) in [6.07, 6.45) is 0. The Morgan fingerprint density at radius 1 is 0.561 bits per heavy atom. The Morgan fingerprint density at radius 2 is 1.07 bits per heavy atom. The number of anilines is 1. The Kier molecular flexibility index (Phi) is 9.80. The van der Waals surface area contributed by atoms with E-state index in [2.05, 4.69) is 63.7 Å². The number of hydrogen-bond acceptors (Lipinski definition) is 5. The highest BCUT2D eigenvalue weighted by atomic mass is 79.9. The van der Waals surface area contributed by atoms with Crippen molar-refractivity contribution in [2.24, 2.45) is 0 Å². The van der Waals surface area contributed by atoms with Gasteiger partial charge in [0.1, 0.15) is 31.3 Å². The number of rotatable bonds is 13. The molecule has 6 heteroatoms. The van der Waals surface area contributed by atoms with Crippen molar-refractivity contribution in [3.8, 4) is 23.0 Å². The van der Waals surface area contributed by atoms with E-state index in [0.717, 1.165) is 43.9 Å². The maximum atomic E-state index is 6.05. The van der Waals surface area contributed by atoms with Gasteiger partial charge in [0, 0.05) is 12.2 Å². The highest BCUT2D eigenvalue weighted by molar-refractivity contribution is 9.10. The molecule has 0 aromatic heterocycles. The molecule has 5 aromatic rings. The molecule has 0 amide bonds. The fourth-order valence-electron chi connectivity index (χ4n) is 4.21. The third kappa shape index (κ3) is 8.29. The van der Waals surface area contributed by atoms with Gasteiger partial charge in [0.25, 0.3) is 0 Å². The fourth-order valence-corrected chi connectivity index (χ4v) is 4.81. The highest BCUT2D eigenvalue weighted by Gasteiger charge is 2.12. The molecule has 0 saturated heterocycles. The van der Waals surface area contributed by atoms with Crippen molar-refractivity contribution in [3.63, 3.8) is 0 Å². The van der Waals surface area contributed by atoms with Crippen molar-refractivity contribution in [1.29, 1.82) is 0 Å². The first-order chi connectivity index (χ1) is 20.2. The van der Waals surface area contributed by atoms with E-state index >= 15 is 0 Å². The summed E-state index contributed by atoms with van der Waals surface area (Å²) in [4.78, 5) is 0. The van der Waals surface area contributed by atoms with Gasteiger partial charge in [0.15, 0.2) is 11.5 Å². The van der Waals surface area contributed by atoms with Crippen LogP contribution >= 0.6 is 15.9 Å². The van der Waals surface area contributed by atoms with Gasteiger partial charge in [-0.2, -0.15) is 0 Å². The molecule has 5 rings (SSSR count). The summed E-state index contributed by atoms with van der Waals surface area (Å²) in [5.41, 5.74) is 5.42. The molecule has 0 fully saturated rings. The molecule has 0 aliphatic carbocycles. The molecule has 0 aliphatic rings. The summed E-state index contributed by atoms with van der Waals surface area (Å²) in [6, 6.07) is 40.2. The van der Waals surface area contributed by atoms with Crippen LogP contribution in [-0.4, -0.2) is 7.11 Å². The molecule has 0 heterocycles. The number of benzene rings is 5. The van der Waals surface area contributed by atoms with E-state index in [1.807, 2.05) is 78.9 Å². The quantitative estimate of drug-likeness (QED) is 0.144. The minimum Gasteiger partial charge on any atom is -0.493 e. The van der Waals surface area contributed by atoms with Crippen molar-refractivity contribution >= 4 is 21.6 Å². The number of methoxy groups -OCH3 is 1. The molecule has 5 aromatic carbocycles. The van der Waals surface area contributed by atoms with Gasteiger partial charge in [0.05, 0.1) is 11.6 Å². The van der Waals surface area contributed by atoms with Gasteiger partial charge in [-0.25, -0.2) is 0 Å². The van der Waals surface area contributed by atoms with Crippen molar-refractivity contribution in [2.75, 3.05) is 12.4 Å². The molecule has 0 saturated carbocycles. The first-order valence-electron chi connectivity index (χ1n) is 13.4. The number of ether oxygens (including phenoxy) is 4. The minimum absolute atomic E-state index is 0.470. The van der Waals surface area contributed by atoms with Crippen LogP contribution in [0.1, 0.15) is 22.3 Å². The Morgan fingerprint density at radius 3 is 1.61 bits per heavy atom. The minimum atomic E-state index is 0.470. The third-order valence-electron chi connectivity index (χ3n) is 6.44. The summed E-state index contributed by atoms with van der Waals surface area (Å²) >= 11 is 3.65. The smallest absolute Gasteiger partial charge is 0.175 e. The van der Waals surface area contributed by atoms with E-state index in [1.54, 1.807) is 7.11 Å². The van der Waals surface area contributed by atoms with Crippen molar-refractivity contribution in [2.45, 2.75) is 26.4 Å². The van der Waals surface area contributed by atoms with Crippen LogP contribution < -0.4 is 24.3 Å². The van der Waals surface area contributed by atoms with E-state index in [1.165, 1.54) is 0 Å². The van der Waals surface area contributed by atoms with Gasteiger partial charge < -0.3 is 24.3 Å². The van der Waals surface area contributed by atoms with Crippen LogP contribution in [0.5, 0.6) is 23.0 Å². The Balaban J connectivity index is 1.09. The Hall–Kier alpha value is -4.42. The van der Waals surface area contributed by atoms with E-state index in [4.69, 9.17) is 18.9 Å². The first kappa shape index (κ1) is 28.1. The zero-order valence-electron chi connectivity index (χ0n) is 22.9. The summed E-state index contributed by atoms with van der Waals surface area (Å²) in [5, 5.41) is 3.48. The molecule has 0 spiro atoms. The van der Waals surface area contributed by atoms with Gasteiger partial charge in [-0.05, 0) is 86.7 Å². The van der Waals surface area contributed by atoms with Crippen LogP contribution in [0.25, 0.3) is 0 Å². The zero-order chi connectivity index (χ0) is 28.3. The van der Waals surface area contributed by atoms with Gasteiger partial charge >= 0.3 is 0 Å². The van der Waals surface area contributed by atoms with Crippen LogP contribution in [0, 0.1) is 0 Å². The van der Waals surface area contributed by atoms with E-state index < -0.39 is 0 Å². The van der Waals surface area contributed by atoms with Crippen LogP contribution in [0.4, 0.5) is 5.69 Å². The largest absolute Gasteiger partial charge is 0.493 e. The van der Waals surface area contributed by atoms with Crippen LogP contribution in [0.2, 0.25) is 0 Å². The van der Waals surface area contributed by atoms with Gasteiger partial charge in [-0.1, -0.05) is 72.8 Å². The van der Waals surface area contributed by atoms with Crippen LogP contribution in [0.3, 0.4) is 0 Å². The normalized spacial score (nSPS) is 10.6. The molecular formula is C35H32BrNO4. The summed E-state index contributed by atoms with van der Waals surface area (Å²) in [6.45, 7) is 2.14. The van der Waals surface area contributed by atoms with E-state index in [0.29, 0.717) is 37.9 Å². The maximum Gasteiger partial charge on any atom is 0.175 e. The molecule has 0 bridgehead atoms. The van der Waals surface area contributed by atoms with E-state index in [-0.39, 0.29) is 0 Å². The maximum absolute atomic E-state index is 6.05. The lowest BCUT2D eigenvalue weighted by Crippen LogP contribution is -2.03. The first-order valence-corrected chi connectivity index (χ1v) is 14.2. The van der Waals surface area contributed by atoms with Crippen LogP contribution in [0.15, 0.2) is 126 Å². The third-order valence-corrected chi connectivity index (χ3v) is 7.03. The lowest BCUT2D eigenvalue weighted by Gasteiger charge is -2.15. The molecule has 0 radical (unpaired) electrons. The molecule has 1 N–H and O–H groups in total. The lowest BCUT2D eigenvalue weighted by atomic mass is 10.1. The van der Waals surface area contributed by atoms with E-state index in [9.17, 15) is 0 Å². The fraction of sp³-hybridized carbons (Fsp3) is 0.143. The molecule has 0 aliphatic heterocycles.